The van der Waals surface area contributed by atoms with E-state index in [0.29, 0.717) is 18.1 Å². The van der Waals surface area contributed by atoms with Crippen molar-refractivity contribution in [3.05, 3.63) is 47.3 Å². The van der Waals surface area contributed by atoms with E-state index in [1.807, 2.05) is 24.0 Å². The maximum absolute atomic E-state index is 12.5. The molecule has 4 rings (SSSR count). The highest BCUT2D eigenvalue weighted by Crippen LogP contribution is 2.34. The zero-order valence-electron chi connectivity index (χ0n) is 13.1. The maximum Gasteiger partial charge on any atom is 0.323 e. The van der Waals surface area contributed by atoms with Crippen LogP contribution >= 0.6 is 0 Å². The van der Waals surface area contributed by atoms with Gasteiger partial charge in [-0.05, 0) is 31.9 Å². The van der Waals surface area contributed by atoms with Crippen LogP contribution in [0.4, 0.5) is 10.6 Å². The first-order chi connectivity index (χ1) is 11.1. The molecule has 0 bridgehead atoms. The fourth-order valence-corrected chi connectivity index (χ4v) is 3.31. The Morgan fingerprint density at radius 2 is 2.26 bits per heavy atom. The summed E-state index contributed by atoms with van der Waals surface area (Å²) in [5.41, 5.74) is 3.55. The number of nitrogens with one attached hydrogen (secondary N) is 2. The van der Waals surface area contributed by atoms with Crippen LogP contribution in [0.15, 0.2) is 34.9 Å². The van der Waals surface area contributed by atoms with Gasteiger partial charge >= 0.3 is 6.03 Å². The summed E-state index contributed by atoms with van der Waals surface area (Å²) in [5.74, 6) is 1.12. The highest BCUT2D eigenvalue weighted by atomic mass is 16.5. The molecule has 1 atom stereocenters. The third kappa shape index (κ3) is 2.27. The minimum atomic E-state index is -0.157. The molecule has 0 radical (unpaired) electrons. The van der Waals surface area contributed by atoms with Crippen molar-refractivity contribution in [1.82, 2.24) is 15.0 Å². The van der Waals surface area contributed by atoms with E-state index >= 15 is 0 Å². The fraction of sp³-hybridized carbons (Fsp3) is 0.294. The third-order valence-corrected chi connectivity index (χ3v) is 4.46. The predicted molar refractivity (Wildman–Crippen MR) is 87.4 cm³/mol. The van der Waals surface area contributed by atoms with Gasteiger partial charge in [-0.1, -0.05) is 23.4 Å². The Kier molecular flexibility index (Phi) is 3.11. The Labute approximate surface area is 133 Å². The molecule has 0 saturated heterocycles. The number of hydrogen-bond donors (Lipinski definition) is 2. The van der Waals surface area contributed by atoms with Crippen molar-refractivity contribution in [2.24, 2.45) is 0 Å². The normalized spacial score (nSPS) is 17.3. The molecule has 2 N–H and O–H groups in total. The molecule has 0 saturated carbocycles. The summed E-state index contributed by atoms with van der Waals surface area (Å²) in [5, 5.41) is 7.86. The molecule has 23 heavy (non-hydrogen) atoms. The molecule has 6 nitrogen and oxygen atoms in total. The molecule has 118 valence electrons. The Morgan fingerprint density at radius 3 is 3.04 bits per heavy atom. The lowest BCUT2D eigenvalue weighted by atomic mass is 9.98. The SMILES string of the molecule is Cc1cc(NC(=O)N2CCc3c([nH]c4ccccc34)[C@H]2C)no1. The molecule has 2 amide bonds. The Morgan fingerprint density at radius 1 is 1.43 bits per heavy atom. The van der Waals surface area contributed by atoms with Gasteiger partial charge in [-0.25, -0.2) is 4.79 Å². The molecule has 0 spiro atoms. The Balaban J connectivity index is 1.61. The number of fused-ring (bicyclic) bond motifs is 3. The summed E-state index contributed by atoms with van der Waals surface area (Å²) in [6.07, 6.45) is 0.842. The molecular weight excluding hydrogens is 292 g/mol. The second-order valence-corrected chi connectivity index (χ2v) is 5.94. The number of H-pyrrole nitrogens is 1. The van der Waals surface area contributed by atoms with E-state index in [9.17, 15) is 4.79 Å². The Bertz CT molecular complexity index is 880. The number of aryl methyl sites for hydroxylation is 1. The highest BCUT2D eigenvalue weighted by molar-refractivity contribution is 5.90. The van der Waals surface area contributed by atoms with Gasteiger partial charge in [0.05, 0.1) is 6.04 Å². The topological polar surface area (TPSA) is 74.2 Å². The molecule has 3 heterocycles. The van der Waals surface area contributed by atoms with Gasteiger partial charge < -0.3 is 14.4 Å². The zero-order valence-corrected chi connectivity index (χ0v) is 13.1. The lowest BCUT2D eigenvalue weighted by molar-refractivity contribution is 0.187. The van der Waals surface area contributed by atoms with Crippen LogP contribution in [0.1, 0.15) is 30.0 Å². The van der Waals surface area contributed by atoms with Crippen molar-refractivity contribution in [3.63, 3.8) is 0 Å². The number of carbonyl (C=O) groups excluding carboxylic acids is 1. The van der Waals surface area contributed by atoms with Gasteiger partial charge in [0.2, 0.25) is 0 Å². The van der Waals surface area contributed by atoms with Crippen molar-refractivity contribution in [1.29, 1.82) is 0 Å². The van der Waals surface area contributed by atoms with E-state index < -0.39 is 0 Å². The molecule has 0 fully saturated rings. The fourth-order valence-electron chi connectivity index (χ4n) is 3.31. The van der Waals surface area contributed by atoms with Crippen molar-refractivity contribution in [2.75, 3.05) is 11.9 Å². The van der Waals surface area contributed by atoms with Gasteiger partial charge in [-0.2, -0.15) is 0 Å². The summed E-state index contributed by atoms with van der Waals surface area (Å²) >= 11 is 0. The van der Waals surface area contributed by atoms with E-state index in [2.05, 4.69) is 27.6 Å². The van der Waals surface area contributed by atoms with Crippen LogP contribution in [-0.2, 0) is 6.42 Å². The standard InChI is InChI=1S/C17H18N4O2/c1-10-9-15(20-23-10)19-17(22)21-8-7-13-12-5-3-4-6-14(12)18-16(13)11(21)2/h3-6,9,11,18H,7-8H2,1-2H3,(H,19,20,22)/t11-/m1/s1. The summed E-state index contributed by atoms with van der Waals surface area (Å²) < 4.78 is 4.99. The van der Waals surface area contributed by atoms with Crippen LogP contribution in [0.2, 0.25) is 0 Å². The Hall–Kier alpha value is -2.76. The number of anilines is 1. The van der Waals surface area contributed by atoms with Gasteiger partial charge in [-0.3, -0.25) is 5.32 Å². The van der Waals surface area contributed by atoms with E-state index in [1.54, 1.807) is 13.0 Å². The summed E-state index contributed by atoms with van der Waals surface area (Å²) in [6, 6.07) is 9.81. The minimum absolute atomic E-state index is 0.0147. The number of amides is 2. The highest BCUT2D eigenvalue weighted by Gasteiger charge is 2.30. The van der Waals surface area contributed by atoms with E-state index in [1.165, 1.54) is 10.9 Å². The predicted octanol–water partition coefficient (Wildman–Crippen LogP) is 3.62. The molecule has 1 aromatic carbocycles. The molecule has 1 aliphatic rings. The molecule has 0 aliphatic carbocycles. The monoisotopic (exact) mass is 310 g/mol. The van der Waals surface area contributed by atoms with Gasteiger partial charge in [0, 0.05) is 29.2 Å². The molecule has 2 aromatic heterocycles. The first-order valence-corrected chi connectivity index (χ1v) is 7.74. The van der Waals surface area contributed by atoms with Crippen LogP contribution in [-0.4, -0.2) is 27.6 Å². The lowest BCUT2D eigenvalue weighted by Gasteiger charge is -2.33. The van der Waals surface area contributed by atoms with Crippen LogP contribution in [0.25, 0.3) is 10.9 Å². The van der Waals surface area contributed by atoms with Crippen LogP contribution in [0, 0.1) is 6.92 Å². The molecular formula is C17H18N4O2. The smallest absolute Gasteiger partial charge is 0.323 e. The van der Waals surface area contributed by atoms with Crippen LogP contribution in [0.3, 0.4) is 0 Å². The zero-order chi connectivity index (χ0) is 16.0. The van der Waals surface area contributed by atoms with Gasteiger partial charge in [0.1, 0.15) is 5.76 Å². The van der Waals surface area contributed by atoms with Gasteiger partial charge in [-0.15, -0.1) is 0 Å². The molecule has 0 unspecified atom stereocenters. The number of hydrogen-bond acceptors (Lipinski definition) is 3. The number of aromatic nitrogens is 2. The average molecular weight is 310 g/mol. The van der Waals surface area contributed by atoms with Crippen LogP contribution < -0.4 is 5.32 Å². The quantitative estimate of drug-likeness (QED) is 0.721. The average Bonchev–Trinajstić information content (AvgIpc) is 3.11. The van der Waals surface area contributed by atoms with Crippen molar-refractivity contribution in [3.8, 4) is 0 Å². The maximum atomic E-state index is 12.5. The minimum Gasteiger partial charge on any atom is -0.360 e. The second-order valence-electron chi connectivity index (χ2n) is 5.94. The van der Waals surface area contributed by atoms with Crippen LogP contribution in [0.5, 0.6) is 0 Å². The molecule has 3 aromatic rings. The number of nitrogens with zero attached hydrogens (tertiary/aromatic N) is 2. The number of benzene rings is 1. The lowest BCUT2D eigenvalue weighted by Crippen LogP contribution is -2.41. The summed E-state index contributed by atoms with van der Waals surface area (Å²) in [4.78, 5) is 17.8. The summed E-state index contributed by atoms with van der Waals surface area (Å²) in [6.45, 7) is 4.52. The van der Waals surface area contributed by atoms with Crippen molar-refractivity contribution >= 4 is 22.8 Å². The first kappa shape index (κ1) is 13.9. The van der Waals surface area contributed by atoms with E-state index in [-0.39, 0.29) is 12.1 Å². The van der Waals surface area contributed by atoms with Gasteiger partial charge in [0.15, 0.2) is 5.82 Å². The van der Waals surface area contributed by atoms with Gasteiger partial charge in [0.25, 0.3) is 0 Å². The first-order valence-electron chi connectivity index (χ1n) is 7.74. The number of para-hydroxylation sites is 1. The van der Waals surface area contributed by atoms with E-state index in [0.717, 1.165) is 17.6 Å². The molecule has 1 aliphatic heterocycles. The molecule has 6 heteroatoms. The van der Waals surface area contributed by atoms with Crippen molar-refractivity contribution in [2.45, 2.75) is 26.3 Å². The number of aromatic amines is 1. The number of rotatable bonds is 1. The number of urea groups is 1. The van der Waals surface area contributed by atoms with E-state index in [4.69, 9.17) is 4.52 Å². The second kappa shape index (κ2) is 5.15. The number of carbonyl (C=O) groups is 1. The van der Waals surface area contributed by atoms with Crippen molar-refractivity contribution < 1.29 is 9.32 Å². The third-order valence-electron chi connectivity index (χ3n) is 4.46. The largest absolute Gasteiger partial charge is 0.360 e. The summed E-state index contributed by atoms with van der Waals surface area (Å²) in [7, 11) is 0.